The van der Waals surface area contributed by atoms with Gasteiger partial charge in [-0.05, 0) is 142 Å². The second kappa shape index (κ2) is 16.7. The molecular weight excluding hydrogens is 935 g/mol. The molecule has 0 saturated heterocycles. The first-order valence-electron chi connectivity index (χ1n) is 25.6. The Morgan fingerprint density at radius 2 is 0.671 bits per heavy atom. The van der Waals surface area contributed by atoms with Gasteiger partial charge in [0.15, 0.2) is 17.5 Å². The molecule has 1 unspecified atom stereocenters. The lowest BCUT2D eigenvalue weighted by Gasteiger charge is -2.20. The number of fused-ring (bicyclic) bond motifs is 12. The van der Waals surface area contributed by atoms with Crippen molar-refractivity contribution in [2.75, 3.05) is 0 Å². The highest BCUT2D eigenvalue weighted by Crippen LogP contribution is 2.43. The summed E-state index contributed by atoms with van der Waals surface area (Å²) in [5.74, 6) is 2.67. The Balaban J connectivity index is 0.908. The van der Waals surface area contributed by atoms with Gasteiger partial charge < -0.3 is 17.7 Å². The summed E-state index contributed by atoms with van der Waals surface area (Å²) in [5, 5.41) is 7.55. The van der Waals surface area contributed by atoms with Crippen LogP contribution in [-0.4, -0.2) is 15.0 Å². The molecule has 76 heavy (non-hydrogen) atoms. The third-order valence-corrected chi connectivity index (χ3v) is 15.3. The van der Waals surface area contributed by atoms with E-state index in [1.807, 2.05) is 66.7 Å². The Kier molecular flexibility index (Phi) is 9.32. The van der Waals surface area contributed by atoms with E-state index < -0.39 is 0 Å². The van der Waals surface area contributed by atoms with Crippen molar-refractivity contribution in [1.29, 1.82) is 0 Å². The Bertz CT molecular complexity index is 4750. The maximum Gasteiger partial charge on any atom is 0.164 e. The molecule has 356 valence electrons. The largest absolute Gasteiger partial charge is 0.456 e. The minimum absolute atomic E-state index is 0.0502. The molecule has 0 amide bonds. The summed E-state index contributed by atoms with van der Waals surface area (Å²) in [6.45, 7) is 0. The van der Waals surface area contributed by atoms with Crippen LogP contribution in [0.4, 0.5) is 0 Å². The van der Waals surface area contributed by atoms with Crippen molar-refractivity contribution in [3.05, 3.63) is 241 Å². The van der Waals surface area contributed by atoms with Crippen LogP contribution >= 0.6 is 0 Å². The average Bonchev–Trinajstić information content (AvgIpc) is 4.29. The third-order valence-electron chi connectivity index (χ3n) is 15.3. The van der Waals surface area contributed by atoms with E-state index in [1.165, 1.54) is 5.56 Å². The van der Waals surface area contributed by atoms with Gasteiger partial charge >= 0.3 is 0 Å². The zero-order chi connectivity index (χ0) is 49.8. The van der Waals surface area contributed by atoms with Gasteiger partial charge in [-0.15, -0.1) is 0 Å². The Morgan fingerprint density at radius 3 is 1.18 bits per heavy atom. The quantitative estimate of drug-likeness (QED) is 0.157. The number of allylic oxidation sites excluding steroid dienone is 1. The second-order valence-corrected chi connectivity index (χ2v) is 19.9. The summed E-state index contributed by atoms with van der Waals surface area (Å²) < 4.78 is 25.3. The lowest BCUT2D eigenvalue weighted by Crippen LogP contribution is -2.06. The van der Waals surface area contributed by atoms with E-state index in [-0.39, 0.29) is 5.92 Å². The summed E-state index contributed by atoms with van der Waals surface area (Å²) in [7, 11) is 0. The molecule has 0 saturated carbocycles. The molecule has 5 heterocycles. The van der Waals surface area contributed by atoms with Crippen LogP contribution in [0.3, 0.4) is 0 Å². The molecule has 0 N–H and O–H groups in total. The van der Waals surface area contributed by atoms with Crippen molar-refractivity contribution < 1.29 is 17.7 Å². The number of rotatable bonds is 7. The lowest BCUT2D eigenvalue weighted by molar-refractivity contribution is 0.591. The molecule has 7 heteroatoms. The van der Waals surface area contributed by atoms with Gasteiger partial charge in [0.25, 0.3) is 0 Å². The van der Waals surface area contributed by atoms with Crippen molar-refractivity contribution in [2.45, 2.75) is 12.3 Å². The first-order valence-corrected chi connectivity index (χ1v) is 25.6. The SMILES string of the molecule is C1=CC(c2cc(-c3ccc4oc5ccccc5c4c3)cc(-c3nc(-c4ccccc4)nc(-c4cc(-c5ccc6oc7ccccc7c6c5)cc(-c5ccc6oc7ccccc7c6c5)c4)n3)c2)Cc2c1oc1ccccc21. The molecule has 0 aliphatic heterocycles. The molecule has 1 atom stereocenters. The predicted molar refractivity (Wildman–Crippen MR) is 306 cm³/mol. The Hall–Kier alpha value is -10.1. The van der Waals surface area contributed by atoms with Crippen LogP contribution in [0.25, 0.3) is 150 Å². The third kappa shape index (κ3) is 7.01. The molecule has 10 aromatic carbocycles. The molecule has 0 spiro atoms. The fourth-order valence-electron chi connectivity index (χ4n) is 11.5. The molecule has 0 radical (unpaired) electrons. The normalized spacial score (nSPS) is 13.6. The zero-order valence-corrected chi connectivity index (χ0v) is 40.7. The number of benzene rings is 10. The zero-order valence-electron chi connectivity index (χ0n) is 40.7. The second-order valence-electron chi connectivity index (χ2n) is 19.9. The summed E-state index contributed by atoms with van der Waals surface area (Å²) in [6, 6.07) is 76.0. The smallest absolute Gasteiger partial charge is 0.164 e. The van der Waals surface area contributed by atoms with Gasteiger partial charge in [-0.25, -0.2) is 15.0 Å². The highest BCUT2D eigenvalue weighted by atomic mass is 16.3. The Morgan fingerprint density at radius 1 is 0.289 bits per heavy atom. The molecule has 0 bridgehead atoms. The number of furan rings is 4. The van der Waals surface area contributed by atoms with Crippen molar-refractivity contribution in [3.63, 3.8) is 0 Å². The summed E-state index contributed by atoms with van der Waals surface area (Å²) in [6.07, 6.45) is 5.19. The molecule has 16 rings (SSSR count). The van der Waals surface area contributed by atoms with Crippen LogP contribution in [0.5, 0.6) is 0 Å². The van der Waals surface area contributed by atoms with Crippen LogP contribution in [-0.2, 0) is 6.42 Å². The highest BCUT2D eigenvalue weighted by molar-refractivity contribution is 6.09. The van der Waals surface area contributed by atoms with Crippen LogP contribution < -0.4 is 0 Å². The first-order chi connectivity index (χ1) is 37.6. The summed E-state index contributed by atoms with van der Waals surface area (Å²) in [4.78, 5) is 16.2. The van der Waals surface area contributed by atoms with Crippen LogP contribution in [0.1, 0.15) is 22.8 Å². The average molecular weight is 976 g/mol. The summed E-state index contributed by atoms with van der Waals surface area (Å²) >= 11 is 0. The van der Waals surface area contributed by atoms with Crippen LogP contribution in [0, 0.1) is 0 Å². The van der Waals surface area contributed by atoms with Gasteiger partial charge in [0, 0.05) is 65.9 Å². The van der Waals surface area contributed by atoms with Crippen LogP contribution in [0.2, 0.25) is 0 Å². The molecule has 1 aliphatic carbocycles. The van der Waals surface area contributed by atoms with Gasteiger partial charge in [-0.2, -0.15) is 0 Å². The Labute approximate surface area is 434 Å². The monoisotopic (exact) mass is 975 g/mol. The van der Waals surface area contributed by atoms with E-state index in [4.69, 9.17) is 32.6 Å². The van der Waals surface area contributed by atoms with Gasteiger partial charge in [-0.1, -0.05) is 133 Å². The van der Waals surface area contributed by atoms with E-state index in [0.29, 0.717) is 17.5 Å². The van der Waals surface area contributed by atoms with E-state index in [2.05, 4.69) is 164 Å². The van der Waals surface area contributed by atoms with E-state index in [1.54, 1.807) is 0 Å². The van der Waals surface area contributed by atoms with Crippen molar-refractivity contribution in [2.24, 2.45) is 0 Å². The predicted octanol–water partition coefficient (Wildman–Crippen LogP) is 18.7. The number of hydrogen-bond acceptors (Lipinski definition) is 7. The van der Waals surface area contributed by atoms with Gasteiger partial charge in [0.05, 0.1) is 0 Å². The van der Waals surface area contributed by atoms with Crippen molar-refractivity contribution in [1.82, 2.24) is 15.0 Å². The van der Waals surface area contributed by atoms with E-state index >= 15 is 0 Å². The number of para-hydroxylation sites is 4. The maximum atomic E-state index is 6.35. The molecule has 1 aliphatic rings. The summed E-state index contributed by atoms with van der Waals surface area (Å²) in [5.41, 5.74) is 17.2. The molecule has 7 nitrogen and oxygen atoms in total. The molecular formula is C69H41N3O4. The van der Waals surface area contributed by atoms with Gasteiger partial charge in [-0.3, -0.25) is 0 Å². The minimum Gasteiger partial charge on any atom is -0.456 e. The molecule has 0 fully saturated rings. The molecule has 5 aromatic heterocycles. The minimum atomic E-state index is 0.0502. The standard InChI is InChI=1S/C69H41N3O4/c1-2-12-40(13-3-1)67-70-68(49-32-45(41-22-26-63-55(36-41)51-14-4-8-18-59(51)73-63)30-46(33-49)42-23-27-64-56(37-42)52-15-5-9-19-60(52)74-64)72-69(71-67)50-34-47(43-24-28-65-57(38-43)53-16-6-10-20-61(53)75-65)31-48(35-50)44-25-29-66-58(39-44)54-17-7-11-21-62(54)76-66/h1-38,44H,39H2. The maximum absolute atomic E-state index is 6.35. The fourth-order valence-corrected chi connectivity index (χ4v) is 11.5. The van der Waals surface area contributed by atoms with E-state index in [9.17, 15) is 0 Å². The topological polar surface area (TPSA) is 91.2 Å². The van der Waals surface area contributed by atoms with E-state index in [0.717, 1.165) is 145 Å². The number of hydrogen-bond donors (Lipinski definition) is 0. The van der Waals surface area contributed by atoms with Gasteiger partial charge in [0.1, 0.15) is 44.8 Å². The molecule has 15 aromatic rings. The fraction of sp³-hybridized carbons (Fsp3) is 0.0290. The lowest BCUT2D eigenvalue weighted by atomic mass is 9.84. The number of aromatic nitrogens is 3. The van der Waals surface area contributed by atoms with Crippen molar-refractivity contribution >= 4 is 82.9 Å². The highest BCUT2D eigenvalue weighted by Gasteiger charge is 2.24. The number of nitrogens with zero attached hydrogens (tertiary/aromatic N) is 3. The van der Waals surface area contributed by atoms with Crippen LogP contribution in [0.15, 0.2) is 242 Å². The van der Waals surface area contributed by atoms with Gasteiger partial charge in [0.2, 0.25) is 0 Å². The van der Waals surface area contributed by atoms with Crippen molar-refractivity contribution in [3.8, 4) is 67.5 Å². The first kappa shape index (κ1) is 42.4.